The second kappa shape index (κ2) is 7.23. The Morgan fingerprint density at radius 2 is 1.62 bits per heavy atom. The third kappa shape index (κ3) is 3.91. The molecule has 0 bridgehead atoms. The van der Waals surface area contributed by atoms with Gasteiger partial charge >= 0.3 is 7.12 Å². The Balaban J connectivity index is 1.96. The maximum Gasteiger partial charge on any atom is 0.498 e. The van der Waals surface area contributed by atoms with Crippen LogP contribution in [0, 0.1) is 5.82 Å². The lowest BCUT2D eigenvalue weighted by Crippen LogP contribution is -2.41. The number of benzene rings is 2. The highest BCUT2D eigenvalue weighted by molar-refractivity contribution is 7.97. The van der Waals surface area contributed by atoms with Crippen molar-refractivity contribution in [2.75, 3.05) is 7.05 Å². The molecule has 0 unspecified atom stereocenters. The number of ether oxygens (including phenoxy) is 1. The van der Waals surface area contributed by atoms with Crippen molar-refractivity contribution in [1.29, 1.82) is 0 Å². The molecule has 0 aromatic heterocycles. The van der Waals surface area contributed by atoms with Crippen molar-refractivity contribution in [3.8, 4) is 11.5 Å². The van der Waals surface area contributed by atoms with Gasteiger partial charge in [-0.2, -0.15) is 0 Å². The molecule has 0 atom stereocenters. The van der Waals surface area contributed by atoms with E-state index in [1.807, 2.05) is 52.9 Å². The van der Waals surface area contributed by atoms with Crippen LogP contribution in [0.3, 0.4) is 0 Å². The number of nitrogens with one attached hydrogen (secondary N) is 1. The third-order valence-corrected chi connectivity index (χ3v) is 5.44. The van der Waals surface area contributed by atoms with E-state index < -0.39 is 18.3 Å². The molecule has 1 fully saturated rings. The van der Waals surface area contributed by atoms with E-state index in [0.717, 1.165) is 10.4 Å². The van der Waals surface area contributed by atoms with Crippen LogP contribution in [-0.4, -0.2) is 25.4 Å². The van der Waals surface area contributed by atoms with Crippen LogP contribution in [0.2, 0.25) is 0 Å². The quantitative estimate of drug-likeness (QED) is 0.628. The number of rotatable bonds is 5. The Morgan fingerprint density at radius 3 is 2.19 bits per heavy atom. The van der Waals surface area contributed by atoms with E-state index in [0.29, 0.717) is 11.5 Å². The maximum absolute atomic E-state index is 13.2. The van der Waals surface area contributed by atoms with E-state index >= 15 is 0 Å². The second-order valence-corrected chi connectivity index (χ2v) is 8.23. The molecule has 4 nitrogen and oxygen atoms in total. The Kier molecular flexibility index (Phi) is 5.35. The number of hydrogen-bond donors (Lipinski definition) is 1. The molecule has 1 saturated heterocycles. The van der Waals surface area contributed by atoms with E-state index in [2.05, 4.69) is 4.72 Å². The van der Waals surface area contributed by atoms with Crippen molar-refractivity contribution in [2.24, 2.45) is 0 Å². The zero-order chi connectivity index (χ0) is 18.9. The van der Waals surface area contributed by atoms with Gasteiger partial charge in [0.2, 0.25) is 0 Å². The zero-order valence-electron chi connectivity index (χ0n) is 15.6. The van der Waals surface area contributed by atoms with Gasteiger partial charge in [0.15, 0.2) is 0 Å². The first-order chi connectivity index (χ1) is 12.2. The molecule has 0 saturated carbocycles. The highest BCUT2D eigenvalue weighted by Gasteiger charge is 2.52. The molecular formula is C19H23BFNO3S. The first-order valence-electron chi connectivity index (χ1n) is 8.48. The predicted octanol–water partition coefficient (Wildman–Crippen LogP) is 4.14. The molecule has 3 rings (SSSR count). The van der Waals surface area contributed by atoms with Gasteiger partial charge in [0.1, 0.15) is 17.3 Å². The van der Waals surface area contributed by atoms with Crippen molar-refractivity contribution in [3.63, 3.8) is 0 Å². The number of hydrogen-bond acceptors (Lipinski definition) is 5. The van der Waals surface area contributed by atoms with E-state index in [4.69, 9.17) is 14.0 Å². The van der Waals surface area contributed by atoms with Gasteiger partial charge in [-0.15, -0.1) is 0 Å². The monoisotopic (exact) mass is 375 g/mol. The smallest absolute Gasteiger partial charge is 0.458 e. The molecule has 1 heterocycles. The van der Waals surface area contributed by atoms with Crippen molar-refractivity contribution in [1.82, 2.24) is 4.72 Å². The van der Waals surface area contributed by atoms with Crippen LogP contribution in [0.5, 0.6) is 11.5 Å². The maximum atomic E-state index is 13.2. The molecule has 0 radical (unpaired) electrons. The third-order valence-electron chi connectivity index (χ3n) is 4.75. The van der Waals surface area contributed by atoms with Crippen molar-refractivity contribution in [2.45, 2.75) is 43.8 Å². The molecule has 1 N–H and O–H groups in total. The minimum absolute atomic E-state index is 0.302. The number of halogens is 1. The van der Waals surface area contributed by atoms with Gasteiger partial charge in [0, 0.05) is 10.4 Å². The molecule has 0 amide bonds. The van der Waals surface area contributed by atoms with Crippen LogP contribution < -0.4 is 14.9 Å². The highest BCUT2D eigenvalue weighted by atomic mass is 32.2. The van der Waals surface area contributed by atoms with Crippen molar-refractivity contribution < 1.29 is 18.4 Å². The van der Waals surface area contributed by atoms with Gasteiger partial charge in [0.05, 0.1) is 11.2 Å². The van der Waals surface area contributed by atoms with Crippen molar-refractivity contribution in [3.05, 3.63) is 48.3 Å². The average molecular weight is 375 g/mol. The van der Waals surface area contributed by atoms with Gasteiger partial charge in [0.25, 0.3) is 0 Å². The summed E-state index contributed by atoms with van der Waals surface area (Å²) >= 11 is 1.50. The molecule has 138 valence electrons. The topological polar surface area (TPSA) is 39.7 Å². The Bertz CT molecular complexity index is 767. The summed E-state index contributed by atoms with van der Waals surface area (Å²) in [4.78, 5) is 1.02. The molecule has 1 aliphatic rings. The van der Waals surface area contributed by atoms with Crippen LogP contribution in [0.1, 0.15) is 27.7 Å². The largest absolute Gasteiger partial charge is 0.498 e. The van der Waals surface area contributed by atoms with E-state index in [1.54, 1.807) is 12.1 Å². The molecule has 2 aromatic carbocycles. The summed E-state index contributed by atoms with van der Waals surface area (Å²) < 4.78 is 34.6. The van der Waals surface area contributed by atoms with Gasteiger partial charge < -0.3 is 14.0 Å². The lowest BCUT2D eigenvalue weighted by atomic mass is 9.78. The van der Waals surface area contributed by atoms with E-state index in [9.17, 15) is 4.39 Å². The Hall–Kier alpha value is -1.54. The van der Waals surface area contributed by atoms with Gasteiger partial charge in [-0.1, -0.05) is 0 Å². The first kappa shape index (κ1) is 19.2. The Labute approximate surface area is 158 Å². The highest BCUT2D eigenvalue weighted by Crippen LogP contribution is 2.38. The van der Waals surface area contributed by atoms with E-state index in [1.165, 1.54) is 24.1 Å². The van der Waals surface area contributed by atoms with Gasteiger partial charge in [-0.05, 0) is 89.2 Å². The predicted molar refractivity (Wildman–Crippen MR) is 104 cm³/mol. The fourth-order valence-electron chi connectivity index (χ4n) is 2.58. The molecular weight excluding hydrogens is 352 g/mol. The Morgan fingerprint density at radius 1 is 1.00 bits per heavy atom. The van der Waals surface area contributed by atoms with E-state index in [-0.39, 0.29) is 5.82 Å². The summed E-state index contributed by atoms with van der Waals surface area (Å²) in [6, 6.07) is 11.8. The van der Waals surface area contributed by atoms with Gasteiger partial charge in [-0.25, -0.2) is 4.39 Å². The molecule has 7 heteroatoms. The summed E-state index contributed by atoms with van der Waals surface area (Å²) in [5, 5.41) is 0. The molecule has 2 aromatic rings. The summed E-state index contributed by atoms with van der Waals surface area (Å²) in [7, 11) is 1.31. The van der Waals surface area contributed by atoms with Crippen LogP contribution in [0.15, 0.2) is 47.4 Å². The lowest BCUT2D eigenvalue weighted by Gasteiger charge is -2.32. The molecule has 0 spiro atoms. The van der Waals surface area contributed by atoms with Crippen LogP contribution in [0.25, 0.3) is 0 Å². The fourth-order valence-corrected chi connectivity index (χ4v) is 3.14. The zero-order valence-corrected chi connectivity index (χ0v) is 16.4. The normalized spacial score (nSPS) is 18.2. The molecule has 0 aliphatic carbocycles. The minimum Gasteiger partial charge on any atom is -0.458 e. The van der Waals surface area contributed by atoms with Crippen LogP contribution >= 0.6 is 11.9 Å². The summed E-state index contributed by atoms with van der Waals surface area (Å²) in [6.07, 6.45) is 0. The van der Waals surface area contributed by atoms with Crippen LogP contribution in [0.4, 0.5) is 4.39 Å². The standard InChI is InChI=1S/C19H23BFNO3S/c1-18(2)19(3,4)25-20(24-18)16-12-15(26-22-5)10-11-17(16)23-14-8-6-13(21)7-9-14/h6-12,22H,1-5H3. The van der Waals surface area contributed by atoms with Crippen LogP contribution in [-0.2, 0) is 9.31 Å². The average Bonchev–Trinajstić information content (AvgIpc) is 2.79. The first-order valence-corrected chi connectivity index (χ1v) is 9.30. The van der Waals surface area contributed by atoms with Gasteiger partial charge in [-0.3, -0.25) is 4.72 Å². The second-order valence-electron chi connectivity index (χ2n) is 7.15. The SMILES string of the molecule is CNSc1ccc(Oc2ccc(F)cc2)c(B2OC(C)(C)C(C)(C)O2)c1. The lowest BCUT2D eigenvalue weighted by molar-refractivity contribution is 0.00578. The van der Waals surface area contributed by atoms with Crippen molar-refractivity contribution >= 4 is 24.5 Å². The minimum atomic E-state index is -0.548. The molecule has 26 heavy (non-hydrogen) atoms. The summed E-state index contributed by atoms with van der Waals surface area (Å²) in [5.74, 6) is 0.873. The fraction of sp³-hybridized carbons (Fsp3) is 0.368. The molecule has 1 aliphatic heterocycles. The summed E-state index contributed by atoms with van der Waals surface area (Å²) in [6.45, 7) is 8.05. The summed E-state index contributed by atoms with van der Waals surface area (Å²) in [5.41, 5.74) is -0.0956.